The van der Waals surface area contributed by atoms with Crippen molar-refractivity contribution in [2.75, 3.05) is 14.2 Å². The molecule has 0 saturated carbocycles. The van der Waals surface area contributed by atoms with Gasteiger partial charge in [0.05, 0.1) is 25.9 Å². The van der Waals surface area contributed by atoms with Crippen LogP contribution in [0.4, 0.5) is 0 Å². The second-order valence-corrected chi connectivity index (χ2v) is 5.45. The van der Waals surface area contributed by atoms with Gasteiger partial charge in [-0.3, -0.25) is 0 Å². The summed E-state index contributed by atoms with van der Waals surface area (Å²) in [5.74, 6) is 1.25. The number of allylic oxidation sites excluding steroid dienone is 1. The van der Waals surface area contributed by atoms with E-state index in [9.17, 15) is 5.26 Å². The lowest BCUT2D eigenvalue weighted by molar-refractivity contribution is 0.355. The Kier molecular flexibility index (Phi) is 4.26. The molecule has 4 nitrogen and oxygen atoms in total. The van der Waals surface area contributed by atoms with Gasteiger partial charge in [0.1, 0.15) is 0 Å². The molecule has 1 heterocycles. The fourth-order valence-corrected chi connectivity index (χ4v) is 2.83. The third-order valence-corrected chi connectivity index (χ3v) is 4.04. The summed E-state index contributed by atoms with van der Waals surface area (Å²) < 4.78 is 12.6. The van der Waals surface area contributed by atoms with Gasteiger partial charge < -0.3 is 14.0 Å². The van der Waals surface area contributed by atoms with Gasteiger partial charge in [-0.15, -0.1) is 0 Å². The molecule has 0 spiro atoms. The topological polar surface area (TPSA) is 47.2 Å². The molecule has 3 aromatic rings. The fraction of sp³-hybridized carbons (Fsp3) is 0.150. The summed E-state index contributed by atoms with van der Waals surface area (Å²) in [7, 11) is 5.18. The van der Waals surface area contributed by atoms with Gasteiger partial charge in [-0.2, -0.15) is 5.26 Å². The van der Waals surface area contributed by atoms with Crippen molar-refractivity contribution in [2.24, 2.45) is 7.05 Å². The summed E-state index contributed by atoms with van der Waals surface area (Å²) in [6.07, 6.45) is 3.94. The van der Waals surface area contributed by atoms with Crippen LogP contribution in [0.3, 0.4) is 0 Å². The van der Waals surface area contributed by atoms with Crippen LogP contribution in [0.2, 0.25) is 0 Å². The average molecular weight is 318 g/mol. The molecule has 0 aliphatic heterocycles. The number of para-hydroxylation sites is 1. The number of benzene rings is 2. The zero-order valence-electron chi connectivity index (χ0n) is 13.9. The molecule has 0 bridgehead atoms. The molecule has 0 unspecified atom stereocenters. The number of nitriles is 1. The van der Waals surface area contributed by atoms with Crippen molar-refractivity contribution in [3.05, 3.63) is 59.8 Å². The molecule has 4 heteroatoms. The van der Waals surface area contributed by atoms with Crippen LogP contribution >= 0.6 is 0 Å². The van der Waals surface area contributed by atoms with E-state index in [0.29, 0.717) is 17.1 Å². The molecular weight excluding hydrogens is 300 g/mol. The van der Waals surface area contributed by atoms with Crippen LogP contribution in [0.25, 0.3) is 22.6 Å². The van der Waals surface area contributed by atoms with Gasteiger partial charge in [-0.05, 0) is 35.9 Å². The third-order valence-electron chi connectivity index (χ3n) is 4.04. The Morgan fingerprint density at radius 3 is 2.54 bits per heavy atom. The number of methoxy groups -OCH3 is 2. The second-order valence-electron chi connectivity index (χ2n) is 5.45. The van der Waals surface area contributed by atoms with Crippen molar-refractivity contribution < 1.29 is 9.47 Å². The van der Waals surface area contributed by atoms with Crippen LogP contribution in [0.15, 0.2) is 48.7 Å². The molecule has 2 aromatic carbocycles. The molecule has 0 atom stereocenters. The fourth-order valence-electron chi connectivity index (χ4n) is 2.83. The van der Waals surface area contributed by atoms with Gasteiger partial charge >= 0.3 is 0 Å². The molecule has 0 saturated heterocycles. The summed E-state index contributed by atoms with van der Waals surface area (Å²) in [6.45, 7) is 0. The normalized spacial score (nSPS) is 11.3. The Bertz CT molecular complexity index is 961. The molecule has 0 fully saturated rings. The highest BCUT2D eigenvalue weighted by atomic mass is 16.5. The van der Waals surface area contributed by atoms with Gasteiger partial charge in [0.25, 0.3) is 0 Å². The van der Waals surface area contributed by atoms with E-state index in [2.05, 4.69) is 22.8 Å². The third kappa shape index (κ3) is 2.72. The SMILES string of the molecule is COc1ccc(C(C#N)=Cc2cn(C)c3ccccc23)cc1OC. The molecule has 0 amide bonds. The summed E-state index contributed by atoms with van der Waals surface area (Å²) in [5, 5.41) is 10.7. The minimum atomic E-state index is 0.576. The first-order valence-electron chi connectivity index (χ1n) is 7.56. The van der Waals surface area contributed by atoms with E-state index in [1.807, 2.05) is 49.7 Å². The zero-order valence-corrected chi connectivity index (χ0v) is 13.9. The van der Waals surface area contributed by atoms with E-state index >= 15 is 0 Å². The molecule has 3 rings (SSSR count). The van der Waals surface area contributed by atoms with Gasteiger partial charge in [0.2, 0.25) is 0 Å². The van der Waals surface area contributed by atoms with Gasteiger partial charge in [0.15, 0.2) is 11.5 Å². The van der Waals surface area contributed by atoms with Crippen molar-refractivity contribution in [1.82, 2.24) is 4.57 Å². The van der Waals surface area contributed by atoms with Gasteiger partial charge in [-0.1, -0.05) is 18.2 Å². The lowest BCUT2D eigenvalue weighted by atomic mass is 10.0. The van der Waals surface area contributed by atoms with Crippen molar-refractivity contribution in [3.8, 4) is 17.6 Å². The summed E-state index contributed by atoms with van der Waals surface area (Å²) >= 11 is 0. The number of rotatable bonds is 4. The van der Waals surface area contributed by atoms with E-state index in [1.165, 1.54) is 0 Å². The number of nitrogens with zero attached hydrogens (tertiary/aromatic N) is 2. The first-order valence-corrected chi connectivity index (χ1v) is 7.56. The average Bonchev–Trinajstić information content (AvgIpc) is 2.95. The first-order chi connectivity index (χ1) is 11.7. The Morgan fingerprint density at radius 2 is 1.83 bits per heavy atom. The Morgan fingerprint density at radius 1 is 1.08 bits per heavy atom. The Hall–Kier alpha value is -3.19. The quantitative estimate of drug-likeness (QED) is 0.675. The summed E-state index contributed by atoms with van der Waals surface area (Å²) in [4.78, 5) is 0. The monoisotopic (exact) mass is 318 g/mol. The molecule has 120 valence electrons. The summed E-state index contributed by atoms with van der Waals surface area (Å²) in [5.41, 5.74) is 3.52. The zero-order chi connectivity index (χ0) is 17.1. The maximum absolute atomic E-state index is 9.61. The van der Waals surface area contributed by atoms with Gasteiger partial charge in [0, 0.05) is 29.7 Å². The number of fused-ring (bicyclic) bond motifs is 1. The minimum Gasteiger partial charge on any atom is -0.493 e. The van der Waals surface area contributed by atoms with Crippen LogP contribution in [0.5, 0.6) is 11.5 Å². The number of ether oxygens (including phenoxy) is 2. The van der Waals surface area contributed by atoms with Crippen LogP contribution in [-0.2, 0) is 7.05 Å². The van der Waals surface area contributed by atoms with Crippen molar-refractivity contribution in [3.63, 3.8) is 0 Å². The number of hydrogen-bond donors (Lipinski definition) is 0. The van der Waals surface area contributed by atoms with Crippen LogP contribution in [0.1, 0.15) is 11.1 Å². The largest absolute Gasteiger partial charge is 0.493 e. The smallest absolute Gasteiger partial charge is 0.161 e. The highest BCUT2D eigenvalue weighted by molar-refractivity contribution is 5.98. The van der Waals surface area contributed by atoms with E-state index in [0.717, 1.165) is 22.0 Å². The number of hydrogen-bond acceptors (Lipinski definition) is 3. The first kappa shape index (κ1) is 15.7. The second kappa shape index (κ2) is 6.51. The molecule has 0 N–H and O–H groups in total. The molecule has 24 heavy (non-hydrogen) atoms. The molecule has 1 aromatic heterocycles. The number of aryl methyl sites for hydroxylation is 1. The van der Waals surface area contributed by atoms with Crippen molar-refractivity contribution in [1.29, 1.82) is 5.26 Å². The van der Waals surface area contributed by atoms with Crippen LogP contribution in [0, 0.1) is 11.3 Å². The van der Waals surface area contributed by atoms with E-state index in [-0.39, 0.29) is 0 Å². The molecule has 0 aliphatic rings. The number of aromatic nitrogens is 1. The van der Waals surface area contributed by atoms with E-state index in [1.54, 1.807) is 14.2 Å². The van der Waals surface area contributed by atoms with Crippen molar-refractivity contribution >= 4 is 22.6 Å². The van der Waals surface area contributed by atoms with Gasteiger partial charge in [-0.25, -0.2) is 0 Å². The van der Waals surface area contributed by atoms with Crippen molar-refractivity contribution in [2.45, 2.75) is 0 Å². The van der Waals surface area contributed by atoms with E-state index < -0.39 is 0 Å². The van der Waals surface area contributed by atoms with E-state index in [4.69, 9.17) is 9.47 Å². The lowest BCUT2D eigenvalue weighted by Crippen LogP contribution is -1.92. The molecule has 0 aliphatic carbocycles. The Balaban J connectivity index is 2.11. The maximum atomic E-state index is 9.61. The molecular formula is C20H18N2O2. The summed E-state index contributed by atoms with van der Waals surface area (Å²) in [6, 6.07) is 15.9. The standard InChI is InChI=1S/C20H18N2O2/c1-22-13-16(17-6-4-5-7-18(17)22)10-15(12-21)14-8-9-19(23-2)20(11-14)24-3/h4-11,13H,1-3H3. The highest BCUT2D eigenvalue weighted by Gasteiger charge is 2.10. The predicted molar refractivity (Wildman–Crippen MR) is 95.9 cm³/mol. The van der Waals surface area contributed by atoms with Crippen LogP contribution < -0.4 is 9.47 Å². The highest BCUT2D eigenvalue weighted by Crippen LogP contribution is 2.32. The predicted octanol–water partition coefficient (Wildman–Crippen LogP) is 4.26. The minimum absolute atomic E-state index is 0.576. The maximum Gasteiger partial charge on any atom is 0.161 e. The lowest BCUT2D eigenvalue weighted by Gasteiger charge is -2.09. The molecule has 0 radical (unpaired) electrons. The Labute approximate surface area is 141 Å². The van der Waals surface area contributed by atoms with Crippen LogP contribution in [-0.4, -0.2) is 18.8 Å².